The number of sulfonamides is 1. The summed E-state index contributed by atoms with van der Waals surface area (Å²) in [5, 5.41) is 2.86. The highest BCUT2D eigenvalue weighted by Crippen LogP contribution is 2.23. The van der Waals surface area contributed by atoms with Gasteiger partial charge in [-0.25, -0.2) is 12.8 Å². The third-order valence-corrected chi connectivity index (χ3v) is 6.60. The van der Waals surface area contributed by atoms with Gasteiger partial charge in [-0.3, -0.25) is 13.9 Å². The van der Waals surface area contributed by atoms with E-state index in [1.165, 1.54) is 29.2 Å². The van der Waals surface area contributed by atoms with Crippen molar-refractivity contribution in [2.45, 2.75) is 65.6 Å². The van der Waals surface area contributed by atoms with Gasteiger partial charge in [-0.05, 0) is 69.0 Å². The molecule has 0 saturated carbocycles. The number of carbonyl (C=O) groups excluding carboxylic acids is 2. The van der Waals surface area contributed by atoms with E-state index in [-0.39, 0.29) is 18.4 Å². The molecule has 1 N–H and O–H groups in total. The molecule has 35 heavy (non-hydrogen) atoms. The monoisotopic (exact) mass is 505 g/mol. The van der Waals surface area contributed by atoms with Crippen molar-refractivity contribution < 1.29 is 22.4 Å². The van der Waals surface area contributed by atoms with Crippen molar-refractivity contribution in [2.24, 2.45) is 0 Å². The predicted molar refractivity (Wildman–Crippen MR) is 137 cm³/mol. The zero-order chi connectivity index (χ0) is 26.6. The van der Waals surface area contributed by atoms with E-state index in [4.69, 9.17) is 0 Å². The normalized spacial score (nSPS) is 12.8. The average molecular weight is 506 g/mol. The second kappa shape index (κ2) is 11.2. The molecule has 0 bridgehead atoms. The lowest BCUT2D eigenvalue weighted by Gasteiger charge is -2.33. The molecule has 2 amide bonds. The third kappa shape index (κ3) is 8.35. The Balaban J connectivity index is 2.39. The zero-order valence-electron chi connectivity index (χ0n) is 21.5. The number of amides is 2. The zero-order valence-corrected chi connectivity index (χ0v) is 22.3. The number of hydrogen-bond acceptors (Lipinski definition) is 4. The van der Waals surface area contributed by atoms with Gasteiger partial charge >= 0.3 is 0 Å². The van der Waals surface area contributed by atoms with Crippen LogP contribution in [0.25, 0.3) is 0 Å². The first kappa shape index (κ1) is 28.3. The quantitative estimate of drug-likeness (QED) is 0.557. The van der Waals surface area contributed by atoms with Crippen molar-refractivity contribution in [3.8, 4) is 0 Å². The Morgan fingerprint density at radius 1 is 0.971 bits per heavy atom. The topological polar surface area (TPSA) is 86.8 Å². The number of nitrogens with zero attached hydrogens (tertiary/aromatic N) is 2. The fourth-order valence-electron chi connectivity index (χ4n) is 3.48. The van der Waals surface area contributed by atoms with Crippen molar-refractivity contribution in [3.63, 3.8) is 0 Å². The van der Waals surface area contributed by atoms with E-state index < -0.39 is 39.9 Å². The van der Waals surface area contributed by atoms with E-state index in [1.807, 2.05) is 46.8 Å². The first-order valence-corrected chi connectivity index (χ1v) is 13.4. The molecule has 0 aliphatic heterocycles. The lowest BCUT2D eigenvalue weighted by atomic mass is 10.0. The van der Waals surface area contributed by atoms with Gasteiger partial charge in [0.25, 0.3) is 0 Å². The van der Waals surface area contributed by atoms with E-state index in [9.17, 15) is 22.4 Å². The Labute approximate surface area is 208 Å². The van der Waals surface area contributed by atoms with Crippen LogP contribution in [0.15, 0.2) is 48.5 Å². The van der Waals surface area contributed by atoms with Crippen LogP contribution >= 0.6 is 0 Å². The molecule has 2 rings (SSSR count). The highest BCUT2D eigenvalue weighted by molar-refractivity contribution is 7.92. The van der Waals surface area contributed by atoms with Crippen LogP contribution < -0.4 is 9.62 Å². The number of halogens is 1. The molecule has 0 heterocycles. The van der Waals surface area contributed by atoms with Gasteiger partial charge in [0.05, 0.1) is 11.9 Å². The molecule has 0 radical (unpaired) electrons. The van der Waals surface area contributed by atoms with Gasteiger partial charge in [0, 0.05) is 12.1 Å². The molecule has 0 saturated heterocycles. The largest absolute Gasteiger partial charge is 0.350 e. The molecule has 0 spiro atoms. The minimum absolute atomic E-state index is 0.0156. The summed E-state index contributed by atoms with van der Waals surface area (Å²) in [5.41, 5.74) is 1.49. The predicted octanol–water partition coefficient (Wildman–Crippen LogP) is 4.05. The summed E-state index contributed by atoms with van der Waals surface area (Å²) < 4.78 is 39.7. The minimum atomic E-state index is -3.80. The van der Waals surface area contributed by atoms with Crippen LogP contribution in [0.1, 0.15) is 58.6 Å². The third-order valence-electron chi connectivity index (χ3n) is 5.46. The van der Waals surface area contributed by atoms with Crippen LogP contribution in [0.3, 0.4) is 0 Å². The van der Waals surface area contributed by atoms with E-state index in [1.54, 1.807) is 19.1 Å². The lowest BCUT2D eigenvalue weighted by molar-refractivity contribution is -0.140. The highest BCUT2D eigenvalue weighted by Gasteiger charge is 2.31. The molecule has 9 heteroatoms. The van der Waals surface area contributed by atoms with Crippen molar-refractivity contribution in [3.05, 3.63) is 65.5 Å². The van der Waals surface area contributed by atoms with Gasteiger partial charge in [-0.2, -0.15) is 0 Å². The molecular formula is C26H36FN3O4S. The highest BCUT2D eigenvalue weighted by atomic mass is 32.2. The van der Waals surface area contributed by atoms with Crippen LogP contribution in [0.4, 0.5) is 10.1 Å². The molecule has 0 aromatic heterocycles. The fraction of sp³-hybridized carbons (Fsp3) is 0.462. The van der Waals surface area contributed by atoms with Gasteiger partial charge in [0.1, 0.15) is 18.4 Å². The number of nitrogens with one attached hydrogen (secondary N) is 1. The summed E-state index contributed by atoms with van der Waals surface area (Å²) in [5.74, 6) is -1.08. The first-order chi connectivity index (χ1) is 16.1. The Morgan fingerprint density at radius 2 is 1.51 bits per heavy atom. The SMILES string of the molecule is CC(C)c1ccc(N(CC(=O)N(Cc2ccc(F)cc2)[C@@H](C)C(=O)NC(C)(C)C)S(C)(=O)=O)cc1. The van der Waals surface area contributed by atoms with Crippen LogP contribution in [0.5, 0.6) is 0 Å². The van der Waals surface area contributed by atoms with Crippen LogP contribution in [0.2, 0.25) is 0 Å². The average Bonchev–Trinajstić information content (AvgIpc) is 2.74. The van der Waals surface area contributed by atoms with Crippen molar-refractivity contribution in [2.75, 3.05) is 17.1 Å². The molecule has 0 aliphatic rings. The Morgan fingerprint density at radius 3 is 1.97 bits per heavy atom. The van der Waals surface area contributed by atoms with Gasteiger partial charge in [0.2, 0.25) is 21.8 Å². The second-order valence-electron chi connectivity index (χ2n) is 10.1. The fourth-order valence-corrected chi connectivity index (χ4v) is 4.33. The molecule has 2 aromatic rings. The van der Waals surface area contributed by atoms with Gasteiger partial charge in [-0.1, -0.05) is 38.1 Å². The van der Waals surface area contributed by atoms with Gasteiger partial charge in [0.15, 0.2) is 0 Å². The van der Waals surface area contributed by atoms with E-state index in [2.05, 4.69) is 5.32 Å². The molecular weight excluding hydrogens is 469 g/mol. The number of benzene rings is 2. The molecule has 7 nitrogen and oxygen atoms in total. The number of rotatable bonds is 9. The summed E-state index contributed by atoms with van der Waals surface area (Å²) >= 11 is 0. The Bertz CT molecular complexity index is 1120. The molecule has 0 fully saturated rings. The summed E-state index contributed by atoms with van der Waals surface area (Å²) in [6, 6.07) is 11.7. The van der Waals surface area contributed by atoms with E-state index in [0.717, 1.165) is 16.1 Å². The summed E-state index contributed by atoms with van der Waals surface area (Å²) in [7, 11) is -3.80. The number of hydrogen-bond donors (Lipinski definition) is 1. The lowest BCUT2D eigenvalue weighted by Crippen LogP contribution is -2.54. The maximum absolute atomic E-state index is 13.5. The maximum atomic E-state index is 13.5. The van der Waals surface area contributed by atoms with Crippen molar-refractivity contribution in [1.82, 2.24) is 10.2 Å². The second-order valence-corrected chi connectivity index (χ2v) is 12.0. The van der Waals surface area contributed by atoms with E-state index in [0.29, 0.717) is 11.3 Å². The summed E-state index contributed by atoms with van der Waals surface area (Å²) in [6.45, 7) is 10.7. The van der Waals surface area contributed by atoms with Crippen molar-refractivity contribution >= 4 is 27.5 Å². The van der Waals surface area contributed by atoms with Crippen LogP contribution in [-0.4, -0.2) is 49.5 Å². The van der Waals surface area contributed by atoms with Crippen LogP contribution in [0, 0.1) is 5.82 Å². The number of carbonyl (C=O) groups is 2. The summed E-state index contributed by atoms with van der Waals surface area (Å²) in [4.78, 5) is 27.7. The van der Waals surface area contributed by atoms with Gasteiger partial charge in [-0.15, -0.1) is 0 Å². The molecule has 0 unspecified atom stereocenters. The van der Waals surface area contributed by atoms with E-state index >= 15 is 0 Å². The minimum Gasteiger partial charge on any atom is -0.350 e. The van der Waals surface area contributed by atoms with Gasteiger partial charge < -0.3 is 10.2 Å². The molecule has 1 atom stereocenters. The van der Waals surface area contributed by atoms with Crippen molar-refractivity contribution in [1.29, 1.82) is 0 Å². The number of anilines is 1. The summed E-state index contributed by atoms with van der Waals surface area (Å²) in [6.07, 6.45) is 1.04. The van der Waals surface area contributed by atoms with Crippen LogP contribution in [-0.2, 0) is 26.2 Å². The molecule has 2 aromatic carbocycles. The first-order valence-electron chi connectivity index (χ1n) is 11.5. The molecule has 0 aliphatic carbocycles. The smallest absolute Gasteiger partial charge is 0.244 e. The molecule has 192 valence electrons. The standard InChI is InChI=1S/C26H36FN3O4S/c1-18(2)21-10-14-23(15-11-21)30(35(7,33)34)17-24(31)29(16-20-8-12-22(27)13-9-20)19(3)25(32)28-26(4,5)6/h8-15,18-19H,16-17H2,1-7H3,(H,28,32)/t19-/m0/s1. The Hall–Kier alpha value is -2.94. The maximum Gasteiger partial charge on any atom is 0.244 e. The Kier molecular flexibility index (Phi) is 9.06.